The van der Waals surface area contributed by atoms with Gasteiger partial charge in [-0.1, -0.05) is 139 Å². The summed E-state index contributed by atoms with van der Waals surface area (Å²) in [4.78, 5) is 10.5. The molecule has 4 heteroatoms. The first-order valence-corrected chi connectivity index (χ1v) is 16.9. The van der Waals surface area contributed by atoms with Crippen LogP contribution in [0.4, 0.5) is 0 Å². The van der Waals surface area contributed by atoms with E-state index < -0.39 is 14.3 Å². The maximum Gasteiger partial charge on any atom is 0.303 e. The number of benzene rings is 2. The monoisotopic (exact) mass is 536 g/mol. The summed E-state index contributed by atoms with van der Waals surface area (Å²) in [6, 6.07) is 21.9. The van der Waals surface area contributed by atoms with E-state index in [-0.39, 0.29) is 5.04 Å². The van der Waals surface area contributed by atoms with Gasteiger partial charge in [0.1, 0.15) is 0 Å². The molecular formula is C34H52O3Si. The predicted molar refractivity (Wildman–Crippen MR) is 165 cm³/mol. The van der Waals surface area contributed by atoms with E-state index in [1.807, 2.05) is 0 Å². The zero-order valence-corrected chi connectivity index (χ0v) is 25.3. The van der Waals surface area contributed by atoms with Crippen LogP contribution < -0.4 is 10.4 Å². The fourth-order valence-electron chi connectivity index (χ4n) is 5.36. The Bertz CT molecular complexity index is 863. The van der Waals surface area contributed by atoms with Crippen molar-refractivity contribution in [3.05, 3.63) is 72.8 Å². The molecule has 0 bridgehead atoms. The van der Waals surface area contributed by atoms with E-state index in [0.29, 0.717) is 6.42 Å². The molecule has 0 aromatic heterocycles. The van der Waals surface area contributed by atoms with Crippen LogP contribution >= 0.6 is 0 Å². The third kappa shape index (κ3) is 11.3. The predicted octanol–water partition coefficient (Wildman–Crippen LogP) is 8.67. The van der Waals surface area contributed by atoms with Gasteiger partial charge < -0.3 is 9.53 Å². The average molecular weight is 537 g/mol. The lowest BCUT2D eigenvalue weighted by atomic mass is 10.1. The number of allylic oxidation sites excluding steroid dienone is 2. The lowest BCUT2D eigenvalue weighted by molar-refractivity contribution is -0.137. The Labute approximate surface area is 233 Å². The van der Waals surface area contributed by atoms with Gasteiger partial charge in [-0.05, 0) is 53.9 Å². The number of carbonyl (C=O) groups is 1. The van der Waals surface area contributed by atoms with Gasteiger partial charge in [0.25, 0.3) is 8.32 Å². The first kappa shape index (κ1) is 32.0. The molecule has 0 atom stereocenters. The molecular weight excluding hydrogens is 484 g/mol. The summed E-state index contributed by atoms with van der Waals surface area (Å²) in [7, 11) is -2.39. The normalized spacial score (nSPS) is 12.3. The van der Waals surface area contributed by atoms with Crippen LogP contribution in [0.3, 0.4) is 0 Å². The van der Waals surface area contributed by atoms with Crippen LogP contribution in [-0.4, -0.2) is 26.0 Å². The number of hydrogen-bond acceptors (Lipinski definition) is 2. The van der Waals surface area contributed by atoms with Gasteiger partial charge >= 0.3 is 5.97 Å². The molecule has 0 fully saturated rings. The minimum atomic E-state index is -2.39. The largest absolute Gasteiger partial charge is 0.481 e. The highest BCUT2D eigenvalue weighted by atomic mass is 28.4. The van der Waals surface area contributed by atoms with Crippen molar-refractivity contribution in [1.29, 1.82) is 0 Å². The summed E-state index contributed by atoms with van der Waals surface area (Å²) in [6.07, 6.45) is 20.4. The third-order valence-corrected chi connectivity index (χ3v) is 12.5. The summed E-state index contributed by atoms with van der Waals surface area (Å²) in [6.45, 7) is 7.86. The third-order valence-electron chi connectivity index (χ3n) is 7.43. The zero-order valence-electron chi connectivity index (χ0n) is 24.3. The van der Waals surface area contributed by atoms with Gasteiger partial charge in [0.15, 0.2) is 0 Å². The van der Waals surface area contributed by atoms with E-state index in [4.69, 9.17) is 9.53 Å². The Morgan fingerprint density at radius 3 is 1.55 bits per heavy atom. The Morgan fingerprint density at radius 1 is 0.684 bits per heavy atom. The van der Waals surface area contributed by atoms with Gasteiger partial charge in [0, 0.05) is 13.0 Å². The summed E-state index contributed by atoms with van der Waals surface area (Å²) < 4.78 is 7.00. The van der Waals surface area contributed by atoms with Gasteiger partial charge in [-0.15, -0.1) is 0 Å². The maximum absolute atomic E-state index is 10.5. The Morgan fingerprint density at radius 2 is 1.11 bits per heavy atom. The molecule has 0 radical (unpaired) electrons. The van der Waals surface area contributed by atoms with Crippen molar-refractivity contribution in [2.45, 2.75) is 116 Å². The molecule has 0 spiro atoms. The molecule has 0 aliphatic rings. The van der Waals surface area contributed by atoms with Gasteiger partial charge in [-0.3, -0.25) is 4.79 Å². The molecule has 3 nitrogen and oxygen atoms in total. The van der Waals surface area contributed by atoms with Crippen LogP contribution in [0.2, 0.25) is 5.04 Å². The molecule has 0 aliphatic carbocycles. The van der Waals surface area contributed by atoms with Gasteiger partial charge in [0.05, 0.1) is 0 Å². The van der Waals surface area contributed by atoms with Crippen molar-refractivity contribution in [3.8, 4) is 0 Å². The van der Waals surface area contributed by atoms with Gasteiger partial charge in [0.2, 0.25) is 0 Å². The van der Waals surface area contributed by atoms with Crippen LogP contribution in [0.25, 0.3) is 0 Å². The second-order valence-corrected chi connectivity index (χ2v) is 15.9. The summed E-state index contributed by atoms with van der Waals surface area (Å²) in [5.41, 5.74) is 0. The second kappa shape index (κ2) is 18.2. The van der Waals surface area contributed by atoms with Crippen molar-refractivity contribution in [2.24, 2.45) is 0 Å². The fourth-order valence-corrected chi connectivity index (χ4v) is 9.97. The summed E-state index contributed by atoms with van der Waals surface area (Å²) in [5, 5.41) is 11.4. The van der Waals surface area contributed by atoms with Crippen molar-refractivity contribution in [3.63, 3.8) is 0 Å². The Kier molecular flexibility index (Phi) is 15.3. The van der Waals surface area contributed by atoms with Crippen molar-refractivity contribution in [2.75, 3.05) is 6.61 Å². The van der Waals surface area contributed by atoms with Crippen molar-refractivity contribution < 1.29 is 14.3 Å². The molecule has 2 rings (SSSR count). The minimum Gasteiger partial charge on any atom is -0.481 e. The average Bonchev–Trinajstić information content (AvgIpc) is 2.90. The van der Waals surface area contributed by atoms with E-state index in [0.717, 1.165) is 25.9 Å². The first-order valence-electron chi connectivity index (χ1n) is 15.0. The highest BCUT2D eigenvalue weighted by Gasteiger charge is 2.49. The standard InChI is InChI=1S/C34H52O3Si/c1-34(2,3)38(31-25-19-17-20-26-31,32-27-21-18-22-28-32)37-30-24-16-14-12-10-8-6-4-5-7-9-11-13-15-23-29-33(35)36/h4,6,17-22,25-28H,5,7-16,23-24,29-30H2,1-3H3,(H,35,36). The molecule has 1 N–H and O–H groups in total. The highest BCUT2D eigenvalue weighted by Crippen LogP contribution is 2.36. The lowest BCUT2D eigenvalue weighted by Crippen LogP contribution is -2.66. The van der Waals surface area contributed by atoms with Crippen LogP contribution in [0.5, 0.6) is 0 Å². The Hall–Kier alpha value is -2.17. The molecule has 0 amide bonds. The molecule has 210 valence electrons. The lowest BCUT2D eigenvalue weighted by Gasteiger charge is -2.43. The van der Waals surface area contributed by atoms with E-state index in [1.165, 1.54) is 74.6 Å². The van der Waals surface area contributed by atoms with Crippen molar-refractivity contribution in [1.82, 2.24) is 0 Å². The minimum absolute atomic E-state index is 0.0456. The SMILES string of the molecule is CC(C)(C)[Si](OCCCCCCCC=CCCCCCCCCC(=O)O)(c1ccccc1)c1ccccc1. The zero-order chi connectivity index (χ0) is 27.5. The van der Waals surface area contributed by atoms with Crippen LogP contribution in [0.15, 0.2) is 72.8 Å². The number of carboxylic acid groups (broad SMARTS) is 1. The molecule has 0 saturated heterocycles. The van der Waals surface area contributed by atoms with E-state index in [9.17, 15) is 4.79 Å². The van der Waals surface area contributed by atoms with Gasteiger partial charge in [-0.25, -0.2) is 0 Å². The van der Waals surface area contributed by atoms with Crippen LogP contribution in [-0.2, 0) is 9.22 Å². The summed E-state index contributed by atoms with van der Waals surface area (Å²) >= 11 is 0. The van der Waals surface area contributed by atoms with Gasteiger partial charge in [-0.2, -0.15) is 0 Å². The van der Waals surface area contributed by atoms with E-state index in [2.05, 4.69) is 93.6 Å². The smallest absolute Gasteiger partial charge is 0.303 e. The molecule has 0 unspecified atom stereocenters. The quantitative estimate of drug-likeness (QED) is 0.105. The number of unbranched alkanes of at least 4 members (excludes halogenated alkanes) is 11. The second-order valence-electron chi connectivity index (χ2n) is 11.6. The van der Waals surface area contributed by atoms with Crippen molar-refractivity contribution >= 4 is 24.7 Å². The van der Waals surface area contributed by atoms with E-state index >= 15 is 0 Å². The number of aliphatic carboxylic acids is 1. The molecule has 0 saturated carbocycles. The molecule has 2 aromatic rings. The fraction of sp³-hybridized carbons (Fsp3) is 0.559. The first-order chi connectivity index (χ1) is 18.4. The topological polar surface area (TPSA) is 46.5 Å². The number of rotatable bonds is 20. The number of hydrogen-bond donors (Lipinski definition) is 1. The summed E-state index contributed by atoms with van der Waals surface area (Å²) in [5.74, 6) is -0.671. The van der Waals surface area contributed by atoms with Crippen LogP contribution in [0, 0.1) is 0 Å². The molecule has 0 heterocycles. The van der Waals surface area contributed by atoms with E-state index in [1.54, 1.807) is 0 Å². The molecule has 38 heavy (non-hydrogen) atoms. The molecule has 0 aliphatic heterocycles. The highest BCUT2D eigenvalue weighted by molar-refractivity contribution is 6.99. The maximum atomic E-state index is 10.5. The Balaban J connectivity index is 1.63. The van der Waals surface area contributed by atoms with Crippen LogP contribution in [0.1, 0.15) is 111 Å². The molecule has 2 aromatic carbocycles. The number of carboxylic acids is 1.